The van der Waals surface area contributed by atoms with Gasteiger partial charge in [0.25, 0.3) is 0 Å². The summed E-state index contributed by atoms with van der Waals surface area (Å²) in [6.07, 6.45) is 4.45. The molecule has 0 saturated heterocycles. The second-order valence-electron chi connectivity index (χ2n) is 9.48. The van der Waals surface area contributed by atoms with Crippen LogP contribution in [0.5, 0.6) is 0 Å². The second-order valence-corrected chi connectivity index (χ2v) is 9.48. The molecule has 3 rings (SSSR count). The molecule has 1 aromatic carbocycles. The lowest BCUT2D eigenvalue weighted by Crippen LogP contribution is -2.42. The van der Waals surface area contributed by atoms with Crippen LogP contribution < -0.4 is 0 Å². The van der Waals surface area contributed by atoms with Gasteiger partial charge in [0.1, 0.15) is 0 Å². The van der Waals surface area contributed by atoms with E-state index in [-0.39, 0.29) is 30.2 Å². The minimum Gasteiger partial charge on any atom is -0.481 e. The van der Waals surface area contributed by atoms with Crippen molar-refractivity contribution in [3.8, 4) is 0 Å². The van der Waals surface area contributed by atoms with Crippen molar-refractivity contribution >= 4 is 11.9 Å². The van der Waals surface area contributed by atoms with Gasteiger partial charge in [-0.3, -0.25) is 9.59 Å². The highest BCUT2D eigenvalue weighted by Crippen LogP contribution is 2.45. The van der Waals surface area contributed by atoms with Crippen molar-refractivity contribution in [3.63, 3.8) is 0 Å². The van der Waals surface area contributed by atoms with E-state index in [9.17, 15) is 9.59 Å². The van der Waals surface area contributed by atoms with Crippen LogP contribution >= 0.6 is 0 Å². The molecule has 0 unspecified atom stereocenters. The number of carbonyl (C=O) groups is 2. The van der Waals surface area contributed by atoms with E-state index < -0.39 is 5.97 Å². The average Bonchev–Trinajstić information content (AvgIpc) is 2.86. The summed E-state index contributed by atoms with van der Waals surface area (Å²) in [5.74, 6) is -0.596. The van der Waals surface area contributed by atoms with E-state index in [0.717, 1.165) is 12.8 Å². The number of aliphatic carboxylic acids is 1. The molecule has 4 heteroatoms. The van der Waals surface area contributed by atoms with E-state index in [1.165, 1.54) is 22.3 Å². The smallest absolute Gasteiger partial charge is 0.305 e. The predicted octanol–water partition coefficient (Wildman–Crippen LogP) is 4.32. The molecule has 0 fully saturated rings. The maximum atomic E-state index is 12.8. The molecule has 1 N–H and O–H groups in total. The zero-order valence-electron chi connectivity index (χ0n) is 17.1. The van der Waals surface area contributed by atoms with Crippen LogP contribution in [-0.2, 0) is 27.8 Å². The Morgan fingerprint density at radius 3 is 2.44 bits per heavy atom. The van der Waals surface area contributed by atoms with Gasteiger partial charge in [0.15, 0.2) is 0 Å². The fraction of sp³-hybridized carbons (Fsp3) is 0.565. The zero-order valence-corrected chi connectivity index (χ0v) is 17.1. The van der Waals surface area contributed by atoms with Crippen molar-refractivity contribution < 1.29 is 14.7 Å². The van der Waals surface area contributed by atoms with Crippen molar-refractivity contribution in [2.75, 3.05) is 6.54 Å². The Hall–Kier alpha value is -2.10. The molecule has 1 atom stereocenters. The molecule has 1 aromatic rings. The highest BCUT2D eigenvalue weighted by atomic mass is 16.4. The van der Waals surface area contributed by atoms with Crippen LogP contribution in [0.2, 0.25) is 0 Å². The normalized spacial score (nSPS) is 24.1. The molecule has 0 saturated carbocycles. The van der Waals surface area contributed by atoms with Gasteiger partial charge in [-0.2, -0.15) is 0 Å². The van der Waals surface area contributed by atoms with E-state index in [1.54, 1.807) is 4.90 Å². The highest BCUT2D eigenvalue weighted by molar-refractivity contribution is 5.82. The van der Waals surface area contributed by atoms with Crippen molar-refractivity contribution in [1.29, 1.82) is 0 Å². The molecule has 27 heavy (non-hydrogen) atoms. The molecular formula is C23H31NO3. The fourth-order valence-corrected chi connectivity index (χ4v) is 4.75. The number of hydrogen-bond acceptors (Lipinski definition) is 2. The summed E-state index contributed by atoms with van der Waals surface area (Å²) in [5.41, 5.74) is 5.19. The number of rotatable bonds is 5. The molecule has 0 radical (unpaired) electrons. The SMILES string of the molecule is CC(C)C1=CN(CCC(=O)O)C(=O)C[C@@]1(C)c1ccc2c(c1)CC(C)(C)C2. The van der Waals surface area contributed by atoms with E-state index in [1.807, 2.05) is 6.20 Å². The van der Waals surface area contributed by atoms with Crippen LogP contribution in [0, 0.1) is 11.3 Å². The number of nitrogens with zero attached hydrogens (tertiary/aromatic N) is 1. The van der Waals surface area contributed by atoms with Crippen LogP contribution in [0.4, 0.5) is 0 Å². The van der Waals surface area contributed by atoms with Crippen molar-refractivity contribution in [1.82, 2.24) is 4.90 Å². The van der Waals surface area contributed by atoms with Gasteiger partial charge < -0.3 is 10.0 Å². The number of carboxylic acids is 1. The third-order valence-corrected chi connectivity index (χ3v) is 6.13. The molecule has 2 aliphatic rings. The van der Waals surface area contributed by atoms with E-state index in [2.05, 4.69) is 52.8 Å². The first-order chi connectivity index (χ1) is 12.5. The third kappa shape index (κ3) is 3.80. The Morgan fingerprint density at radius 2 is 1.81 bits per heavy atom. The molecule has 1 heterocycles. The lowest BCUT2D eigenvalue weighted by molar-refractivity contribution is -0.138. The largest absolute Gasteiger partial charge is 0.481 e. The van der Waals surface area contributed by atoms with Crippen molar-refractivity contribution in [2.45, 2.75) is 65.7 Å². The maximum absolute atomic E-state index is 12.8. The van der Waals surface area contributed by atoms with Crippen molar-refractivity contribution in [3.05, 3.63) is 46.7 Å². The first kappa shape index (κ1) is 19.7. The average molecular weight is 370 g/mol. The van der Waals surface area contributed by atoms with Gasteiger partial charge in [-0.05, 0) is 46.4 Å². The lowest BCUT2D eigenvalue weighted by atomic mass is 9.68. The summed E-state index contributed by atoms with van der Waals surface area (Å²) in [7, 11) is 0. The lowest BCUT2D eigenvalue weighted by Gasteiger charge is -2.41. The second kappa shape index (κ2) is 6.81. The number of benzene rings is 1. The highest BCUT2D eigenvalue weighted by Gasteiger charge is 2.41. The molecule has 0 aromatic heterocycles. The Labute approximate surface area is 162 Å². The molecule has 0 spiro atoms. The summed E-state index contributed by atoms with van der Waals surface area (Å²) in [6, 6.07) is 6.74. The Balaban J connectivity index is 1.98. The Bertz CT molecular complexity index is 806. The van der Waals surface area contributed by atoms with Gasteiger partial charge in [0, 0.05) is 24.6 Å². The molecular weight excluding hydrogens is 338 g/mol. The summed E-state index contributed by atoms with van der Waals surface area (Å²) in [4.78, 5) is 25.3. The summed E-state index contributed by atoms with van der Waals surface area (Å²) in [5, 5.41) is 8.96. The fourth-order valence-electron chi connectivity index (χ4n) is 4.75. The minimum absolute atomic E-state index is 0.00368. The molecule has 0 bridgehead atoms. The van der Waals surface area contributed by atoms with Crippen LogP contribution in [-0.4, -0.2) is 28.4 Å². The third-order valence-electron chi connectivity index (χ3n) is 6.13. The quantitative estimate of drug-likeness (QED) is 0.841. The topological polar surface area (TPSA) is 57.6 Å². The van der Waals surface area contributed by atoms with Crippen LogP contribution in [0.25, 0.3) is 0 Å². The number of hydrogen-bond donors (Lipinski definition) is 1. The first-order valence-electron chi connectivity index (χ1n) is 9.87. The van der Waals surface area contributed by atoms with Gasteiger partial charge in [-0.15, -0.1) is 0 Å². The maximum Gasteiger partial charge on any atom is 0.305 e. The van der Waals surface area contributed by atoms with E-state index in [0.29, 0.717) is 11.8 Å². The summed E-state index contributed by atoms with van der Waals surface area (Å²) >= 11 is 0. The minimum atomic E-state index is -0.878. The molecule has 1 amide bonds. The van der Waals surface area contributed by atoms with E-state index >= 15 is 0 Å². The Morgan fingerprint density at radius 1 is 1.15 bits per heavy atom. The van der Waals surface area contributed by atoms with Gasteiger partial charge in [0.2, 0.25) is 5.91 Å². The first-order valence-corrected chi connectivity index (χ1v) is 9.87. The summed E-state index contributed by atoms with van der Waals surface area (Å²) < 4.78 is 0. The monoisotopic (exact) mass is 369 g/mol. The van der Waals surface area contributed by atoms with Gasteiger partial charge in [-0.1, -0.05) is 52.8 Å². The van der Waals surface area contributed by atoms with Crippen LogP contribution in [0.1, 0.15) is 64.2 Å². The predicted molar refractivity (Wildman–Crippen MR) is 106 cm³/mol. The number of amides is 1. The molecule has 4 nitrogen and oxygen atoms in total. The number of allylic oxidation sites excluding steroid dienone is 1. The summed E-state index contributed by atoms with van der Waals surface area (Å²) in [6.45, 7) is 11.3. The van der Waals surface area contributed by atoms with Crippen LogP contribution in [0.15, 0.2) is 30.0 Å². The number of fused-ring (bicyclic) bond motifs is 1. The van der Waals surface area contributed by atoms with Gasteiger partial charge in [0.05, 0.1) is 6.42 Å². The Kier molecular flexibility index (Phi) is 4.96. The van der Waals surface area contributed by atoms with E-state index in [4.69, 9.17) is 5.11 Å². The van der Waals surface area contributed by atoms with Gasteiger partial charge in [-0.25, -0.2) is 0 Å². The standard InChI is InChI=1S/C23H31NO3/c1-15(2)19-14-24(9-8-21(26)27)20(25)13-23(19,5)18-7-6-16-11-22(3,4)12-17(16)10-18/h6-7,10,14-15H,8-9,11-13H2,1-5H3,(H,26,27)/t23-/m0/s1. The van der Waals surface area contributed by atoms with Crippen LogP contribution in [0.3, 0.4) is 0 Å². The molecule has 1 aliphatic carbocycles. The molecule has 1 aliphatic heterocycles. The zero-order chi connectivity index (χ0) is 20.0. The number of carbonyl (C=O) groups excluding carboxylic acids is 1. The molecule has 146 valence electrons. The van der Waals surface area contributed by atoms with Gasteiger partial charge >= 0.3 is 5.97 Å². The van der Waals surface area contributed by atoms with Crippen molar-refractivity contribution in [2.24, 2.45) is 11.3 Å². The number of carboxylic acid groups (broad SMARTS) is 1.